The molecule has 4 amide bonds. The smallest absolute Gasteiger partial charge is 0.410 e. The van der Waals surface area contributed by atoms with E-state index in [1.807, 2.05) is 44.0 Å². The number of nitrogens with one attached hydrogen (secondary N) is 1. The Kier molecular flexibility index (Phi) is 8.16. The summed E-state index contributed by atoms with van der Waals surface area (Å²) < 4.78 is 5.54. The van der Waals surface area contributed by atoms with E-state index in [9.17, 15) is 14.4 Å². The molecule has 3 fully saturated rings. The van der Waals surface area contributed by atoms with Crippen LogP contribution in [-0.2, 0) is 9.53 Å². The van der Waals surface area contributed by atoms with Crippen molar-refractivity contribution in [3.63, 3.8) is 0 Å². The molecule has 40 heavy (non-hydrogen) atoms. The van der Waals surface area contributed by atoms with E-state index in [-0.39, 0.29) is 18.4 Å². The van der Waals surface area contributed by atoms with E-state index in [0.29, 0.717) is 18.5 Å². The molecule has 4 heterocycles. The Morgan fingerprint density at radius 3 is 2.40 bits per heavy atom. The lowest BCUT2D eigenvalue weighted by molar-refractivity contribution is -0.120. The topological polar surface area (TPSA) is 98.3 Å². The second kappa shape index (κ2) is 11.6. The first-order chi connectivity index (χ1) is 19.1. The molecule has 5 rings (SSSR count). The van der Waals surface area contributed by atoms with Gasteiger partial charge < -0.3 is 19.4 Å². The van der Waals surface area contributed by atoms with Crippen molar-refractivity contribution in [1.29, 1.82) is 0 Å². The van der Waals surface area contributed by atoms with Gasteiger partial charge in [-0.1, -0.05) is 12.1 Å². The number of hydrogen-bond donors (Lipinski definition) is 1. The highest BCUT2D eigenvalue weighted by molar-refractivity contribution is 6.11. The quantitative estimate of drug-likeness (QED) is 0.595. The number of piperidine rings is 2. The van der Waals surface area contributed by atoms with Gasteiger partial charge in [-0.05, 0) is 65.5 Å². The van der Waals surface area contributed by atoms with E-state index in [4.69, 9.17) is 4.74 Å². The molecule has 0 bridgehead atoms. The van der Waals surface area contributed by atoms with Crippen LogP contribution in [0.1, 0.15) is 52.9 Å². The molecule has 10 nitrogen and oxygen atoms in total. The number of carbonyl (C=O) groups is 3. The lowest BCUT2D eigenvalue weighted by Crippen LogP contribution is -2.49. The van der Waals surface area contributed by atoms with E-state index in [2.05, 4.69) is 33.2 Å². The fourth-order valence-corrected chi connectivity index (χ4v) is 6.18. The van der Waals surface area contributed by atoms with Crippen LogP contribution in [-0.4, -0.2) is 90.8 Å². The Balaban J connectivity index is 1.17. The van der Waals surface area contributed by atoms with Crippen molar-refractivity contribution in [1.82, 2.24) is 20.1 Å². The van der Waals surface area contributed by atoms with Gasteiger partial charge >= 0.3 is 12.1 Å². The molecule has 0 radical (unpaired) electrons. The molecule has 0 saturated carbocycles. The van der Waals surface area contributed by atoms with Gasteiger partial charge in [0, 0.05) is 74.4 Å². The molecule has 1 N–H and O–H groups in total. The number of anilines is 2. The van der Waals surface area contributed by atoms with Crippen LogP contribution in [0, 0.1) is 5.92 Å². The summed E-state index contributed by atoms with van der Waals surface area (Å²) in [7, 11) is 2.24. The number of urea groups is 1. The fraction of sp³-hybridized carbons (Fsp3) is 0.600. The van der Waals surface area contributed by atoms with Crippen molar-refractivity contribution in [3.05, 3.63) is 30.6 Å². The molecule has 0 atom stereocenters. The van der Waals surface area contributed by atoms with Crippen molar-refractivity contribution >= 4 is 40.2 Å². The summed E-state index contributed by atoms with van der Waals surface area (Å²) in [5, 5.41) is 4.40. The van der Waals surface area contributed by atoms with Gasteiger partial charge in [0.1, 0.15) is 5.60 Å². The molecule has 3 aliphatic rings. The van der Waals surface area contributed by atoms with Crippen LogP contribution in [0.3, 0.4) is 0 Å². The number of aromatic nitrogens is 1. The molecule has 0 unspecified atom stereocenters. The van der Waals surface area contributed by atoms with E-state index in [1.165, 1.54) is 0 Å². The molecule has 0 aliphatic carbocycles. The third kappa shape index (κ3) is 6.32. The van der Waals surface area contributed by atoms with Gasteiger partial charge in [0.05, 0.1) is 11.9 Å². The number of pyridine rings is 1. The average Bonchev–Trinajstić information content (AvgIpc) is 2.92. The number of imide groups is 1. The summed E-state index contributed by atoms with van der Waals surface area (Å²) in [5.74, 6) is 0.348. The molecular weight excluding hydrogens is 508 g/mol. The molecule has 3 saturated heterocycles. The van der Waals surface area contributed by atoms with Gasteiger partial charge in [0.2, 0.25) is 5.91 Å². The van der Waals surface area contributed by atoms with E-state index in [0.717, 1.165) is 80.6 Å². The van der Waals surface area contributed by atoms with Crippen molar-refractivity contribution in [3.8, 4) is 0 Å². The highest BCUT2D eigenvalue weighted by Crippen LogP contribution is 2.35. The molecule has 3 aliphatic heterocycles. The summed E-state index contributed by atoms with van der Waals surface area (Å²) >= 11 is 0. The van der Waals surface area contributed by atoms with Crippen LogP contribution >= 0.6 is 0 Å². The Hall–Kier alpha value is -3.40. The third-order valence-electron chi connectivity index (χ3n) is 8.35. The molecular formula is C30H42N6O4. The van der Waals surface area contributed by atoms with Crippen molar-refractivity contribution in [2.75, 3.05) is 56.1 Å². The number of ether oxygens (including phenoxy) is 1. The SMILES string of the molecule is CN(CC1CCN(C(=O)OC(C)(C)C)CC1)C1CCN(c2cccc3c(N4CCC(=O)NC4=O)cncc23)CC1. The summed E-state index contributed by atoms with van der Waals surface area (Å²) in [6, 6.07) is 6.33. The maximum Gasteiger partial charge on any atom is 0.410 e. The summed E-state index contributed by atoms with van der Waals surface area (Å²) in [4.78, 5) is 49.4. The van der Waals surface area contributed by atoms with E-state index < -0.39 is 11.6 Å². The highest BCUT2D eigenvalue weighted by atomic mass is 16.6. The summed E-state index contributed by atoms with van der Waals surface area (Å²) in [5.41, 5.74) is 1.41. The van der Waals surface area contributed by atoms with Gasteiger partial charge in [0.15, 0.2) is 0 Å². The number of fused-ring (bicyclic) bond motifs is 1. The Morgan fingerprint density at radius 2 is 1.73 bits per heavy atom. The lowest BCUT2D eigenvalue weighted by Gasteiger charge is -2.40. The first kappa shape index (κ1) is 28.1. The molecule has 1 aromatic heterocycles. The molecule has 2 aromatic rings. The monoisotopic (exact) mass is 550 g/mol. The summed E-state index contributed by atoms with van der Waals surface area (Å²) in [6.07, 6.45) is 7.85. The number of carbonyl (C=O) groups excluding carboxylic acids is 3. The minimum Gasteiger partial charge on any atom is -0.444 e. The normalized spacial score (nSPS) is 19.9. The predicted octanol–water partition coefficient (Wildman–Crippen LogP) is 4.23. The van der Waals surface area contributed by atoms with Gasteiger partial charge in [-0.2, -0.15) is 0 Å². The van der Waals surface area contributed by atoms with Gasteiger partial charge in [-0.15, -0.1) is 0 Å². The number of likely N-dealkylation sites (tertiary alicyclic amines) is 1. The standard InChI is InChI=1S/C30H42N6O4/c1-30(2,3)40-29(39)35-13-8-21(9-14-35)20-33(4)22-10-15-34(16-11-22)25-7-5-6-23-24(25)18-31-19-26(23)36-17-12-27(37)32-28(36)38/h5-7,18-19,21-22H,8-17,20H2,1-4H3,(H,32,37,38). The van der Waals surface area contributed by atoms with Crippen molar-refractivity contribution in [2.45, 2.75) is 64.5 Å². The Labute approximate surface area is 236 Å². The maximum absolute atomic E-state index is 12.5. The third-order valence-corrected chi connectivity index (χ3v) is 8.35. The highest BCUT2D eigenvalue weighted by Gasteiger charge is 2.30. The second-order valence-electron chi connectivity index (χ2n) is 12.4. The number of benzene rings is 1. The molecule has 0 spiro atoms. The zero-order chi connectivity index (χ0) is 28.4. The largest absolute Gasteiger partial charge is 0.444 e. The zero-order valence-electron chi connectivity index (χ0n) is 24.2. The van der Waals surface area contributed by atoms with Crippen LogP contribution in [0.2, 0.25) is 0 Å². The van der Waals surface area contributed by atoms with Crippen molar-refractivity contribution < 1.29 is 19.1 Å². The number of rotatable bonds is 5. The molecule has 216 valence electrons. The number of nitrogens with zero attached hydrogens (tertiary/aromatic N) is 5. The van der Waals surface area contributed by atoms with Crippen LogP contribution in [0.4, 0.5) is 21.0 Å². The van der Waals surface area contributed by atoms with Crippen LogP contribution in [0.15, 0.2) is 30.6 Å². The molecule has 1 aromatic carbocycles. The van der Waals surface area contributed by atoms with Gasteiger partial charge in [0.25, 0.3) is 0 Å². The minimum absolute atomic E-state index is 0.197. The van der Waals surface area contributed by atoms with Crippen LogP contribution < -0.4 is 15.1 Å². The van der Waals surface area contributed by atoms with E-state index in [1.54, 1.807) is 11.1 Å². The van der Waals surface area contributed by atoms with Gasteiger partial charge in [-0.3, -0.25) is 20.0 Å². The first-order valence-electron chi connectivity index (χ1n) is 14.5. The van der Waals surface area contributed by atoms with E-state index >= 15 is 0 Å². The van der Waals surface area contributed by atoms with Crippen LogP contribution in [0.5, 0.6) is 0 Å². The number of amides is 4. The first-order valence-corrected chi connectivity index (χ1v) is 14.5. The maximum atomic E-state index is 12.5. The predicted molar refractivity (Wildman–Crippen MR) is 156 cm³/mol. The number of hydrogen-bond acceptors (Lipinski definition) is 7. The fourth-order valence-electron chi connectivity index (χ4n) is 6.18. The van der Waals surface area contributed by atoms with Crippen LogP contribution in [0.25, 0.3) is 10.8 Å². The average molecular weight is 551 g/mol. The Bertz CT molecular complexity index is 1240. The van der Waals surface area contributed by atoms with Gasteiger partial charge in [-0.25, -0.2) is 9.59 Å². The Morgan fingerprint density at radius 1 is 1.00 bits per heavy atom. The summed E-state index contributed by atoms with van der Waals surface area (Å²) in [6.45, 7) is 10.6. The lowest BCUT2D eigenvalue weighted by atomic mass is 9.94. The molecule has 10 heteroatoms. The van der Waals surface area contributed by atoms with Crippen molar-refractivity contribution in [2.24, 2.45) is 5.92 Å². The minimum atomic E-state index is -0.459. The second-order valence-corrected chi connectivity index (χ2v) is 12.4. The zero-order valence-corrected chi connectivity index (χ0v) is 24.2.